The van der Waals surface area contributed by atoms with Gasteiger partial charge in [-0.15, -0.1) is 11.3 Å². The molecule has 1 aromatic heterocycles. The number of aromatic nitrogens is 1. The van der Waals surface area contributed by atoms with Gasteiger partial charge in [0.2, 0.25) is 5.91 Å². The van der Waals surface area contributed by atoms with Crippen molar-refractivity contribution in [3.05, 3.63) is 46.2 Å². The van der Waals surface area contributed by atoms with Crippen LogP contribution in [0.3, 0.4) is 0 Å². The molecular formula is C17H19FN2OS. The Kier molecular flexibility index (Phi) is 4.00. The van der Waals surface area contributed by atoms with E-state index in [2.05, 4.69) is 10.3 Å². The van der Waals surface area contributed by atoms with E-state index < -0.39 is 5.41 Å². The van der Waals surface area contributed by atoms with Gasteiger partial charge in [-0.3, -0.25) is 4.79 Å². The number of halogens is 1. The molecule has 0 saturated heterocycles. The molecule has 3 nitrogen and oxygen atoms in total. The smallest absolute Gasteiger partial charge is 0.236 e. The average Bonchev–Trinajstić information content (AvgIpc) is 3.08. The first kappa shape index (κ1) is 15.2. The van der Waals surface area contributed by atoms with E-state index in [0.29, 0.717) is 23.5 Å². The van der Waals surface area contributed by atoms with Crippen molar-refractivity contribution in [2.45, 2.75) is 44.9 Å². The fourth-order valence-corrected chi connectivity index (χ4v) is 4.00. The highest BCUT2D eigenvalue weighted by Gasteiger charge is 2.44. The van der Waals surface area contributed by atoms with E-state index in [-0.39, 0.29) is 11.7 Å². The van der Waals surface area contributed by atoms with Gasteiger partial charge >= 0.3 is 0 Å². The highest BCUT2D eigenvalue weighted by molar-refractivity contribution is 7.15. The zero-order valence-corrected chi connectivity index (χ0v) is 13.6. The first-order valence-corrected chi connectivity index (χ1v) is 8.35. The van der Waals surface area contributed by atoms with Gasteiger partial charge in [0.25, 0.3) is 0 Å². The molecule has 2 aromatic rings. The summed E-state index contributed by atoms with van der Waals surface area (Å²) in [6, 6.07) is 6.62. The van der Waals surface area contributed by atoms with E-state index in [9.17, 15) is 9.18 Å². The van der Waals surface area contributed by atoms with E-state index in [1.165, 1.54) is 17.4 Å². The van der Waals surface area contributed by atoms with Crippen molar-refractivity contribution in [1.82, 2.24) is 4.98 Å². The van der Waals surface area contributed by atoms with Crippen molar-refractivity contribution in [2.24, 2.45) is 0 Å². The summed E-state index contributed by atoms with van der Waals surface area (Å²) in [7, 11) is 0. The SMILES string of the molecule is Cc1nc(NC(=O)C2(c3ccccc3F)CCCC2)sc1C. The molecule has 116 valence electrons. The summed E-state index contributed by atoms with van der Waals surface area (Å²) in [5.41, 5.74) is 0.667. The molecule has 5 heteroatoms. The molecule has 3 rings (SSSR count). The molecule has 0 unspecified atom stereocenters. The molecule has 1 heterocycles. The molecule has 0 aliphatic heterocycles. The molecule has 0 radical (unpaired) electrons. The van der Waals surface area contributed by atoms with Gasteiger partial charge in [-0.1, -0.05) is 31.0 Å². The average molecular weight is 318 g/mol. The van der Waals surface area contributed by atoms with E-state index in [1.807, 2.05) is 13.8 Å². The monoisotopic (exact) mass is 318 g/mol. The van der Waals surface area contributed by atoms with Crippen LogP contribution in [0.5, 0.6) is 0 Å². The predicted octanol–water partition coefficient (Wildman–Crippen LogP) is 4.35. The Bertz CT molecular complexity index is 685. The van der Waals surface area contributed by atoms with E-state index in [0.717, 1.165) is 23.4 Å². The van der Waals surface area contributed by atoms with Crippen LogP contribution in [0.2, 0.25) is 0 Å². The number of thiazole rings is 1. The van der Waals surface area contributed by atoms with Crippen LogP contribution in [0, 0.1) is 19.7 Å². The van der Waals surface area contributed by atoms with Crippen LogP contribution < -0.4 is 5.32 Å². The Labute approximate surface area is 133 Å². The highest BCUT2D eigenvalue weighted by Crippen LogP contribution is 2.43. The van der Waals surface area contributed by atoms with Crippen molar-refractivity contribution in [1.29, 1.82) is 0 Å². The van der Waals surface area contributed by atoms with Crippen molar-refractivity contribution in [3.8, 4) is 0 Å². The van der Waals surface area contributed by atoms with Crippen LogP contribution in [0.25, 0.3) is 0 Å². The maximum Gasteiger partial charge on any atom is 0.236 e. The van der Waals surface area contributed by atoms with Gasteiger partial charge in [-0.05, 0) is 32.8 Å². The molecule has 1 saturated carbocycles. The van der Waals surface area contributed by atoms with Gasteiger partial charge in [-0.2, -0.15) is 0 Å². The summed E-state index contributed by atoms with van der Waals surface area (Å²) in [4.78, 5) is 18.3. The van der Waals surface area contributed by atoms with Crippen LogP contribution in [-0.2, 0) is 10.2 Å². The number of carbonyl (C=O) groups excluding carboxylic acids is 1. The fourth-order valence-electron chi connectivity index (χ4n) is 3.19. The summed E-state index contributed by atoms with van der Waals surface area (Å²) < 4.78 is 14.3. The van der Waals surface area contributed by atoms with Crippen LogP contribution >= 0.6 is 11.3 Å². The molecule has 1 aliphatic carbocycles. The molecule has 0 bridgehead atoms. The van der Waals surface area contributed by atoms with Crippen LogP contribution in [0.15, 0.2) is 24.3 Å². The molecule has 0 spiro atoms. The quantitative estimate of drug-likeness (QED) is 0.914. The minimum atomic E-state index is -0.765. The summed E-state index contributed by atoms with van der Waals surface area (Å²) in [6.45, 7) is 3.90. The summed E-state index contributed by atoms with van der Waals surface area (Å²) in [5, 5.41) is 3.51. The molecule has 1 N–H and O–H groups in total. The number of benzene rings is 1. The third-order valence-electron chi connectivity index (χ3n) is 4.53. The molecule has 1 amide bonds. The minimum Gasteiger partial charge on any atom is -0.301 e. The predicted molar refractivity (Wildman–Crippen MR) is 86.8 cm³/mol. The number of aryl methyl sites for hydroxylation is 2. The first-order chi connectivity index (χ1) is 10.5. The van der Waals surface area contributed by atoms with Gasteiger partial charge in [-0.25, -0.2) is 9.37 Å². The Hall–Kier alpha value is -1.75. The van der Waals surface area contributed by atoms with Gasteiger partial charge in [0.1, 0.15) is 5.82 Å². The van der Waals surface area contributed by atoms with Gasteiger partial charge in [0, 0.05) is 10.4 Å². The maximum atomic E-state index is 14.3. The summed E-state index contributed by atoms with van der Waals surface area (Å²) >= 11 is 1.46. The lowest BCUT2D eigenvalue weighted by Gasteiger charge is -2.28. The number of nitrogens with zero attached hydrogens (tertiary/aromatic N) is 1. The van der Waals surface area contributed by atoms with Crippen LogP contribution in [0.1, 0.15) is 41.8 Å². The largest absolute Gasteiger partial charge is 0.301 e. The van der Waals surface area contributed by atoms with Gasteiger partial charge < -0.3 is 5.32 Å². The van der Waals surface area contributed by atoms with Crippen LogP contribution in [0.4, 0.5) is 9.52 Å². The molecule has 0 atom stereocenters. The normalized spacial score (nSPS) is 16.7. The molecular weight excluding hydrogens is 299 g/mol. The lowest BCUT2D eigenvalue weighted by molar-refractivity contribution is -0.121. The zero-order valence-electron chi connectivity index (χ0n) is 12.8. The summed E-state index contributed by atoms with van der Waals surface area (Å²) in [5.74, 6) is -0.435. The number of anilines is 1. The number of rotatable bonds is 3. The van der Waals surface area contributed by atoms with Gasteiger partial charge in [0.15, 0.2) is 5.13 Å². The van der Waals surface area contributed by atoms with Gasteiger partial charge in [0.05, 0.1) is 11.1 Å². The standard InChI is InChI=1S/C17H19FN2OS/c1-11-12(2)22-16(19-11)20-15(21)17(9-5-6-10-17)13-7-3-4-8-14(13)18/h3-4,7-8H,5-6,9-10H2,1-2H3,(H,19,20,21). The zero-order chi connectivity index (χ0) is 15.7. The number of hydrogen-bond acceptors (Lipinski definition) is 3. The third-order valence-corrected chi connectivity index (χ3v) is 5.52. The lowest BCUT2D eigenvalue weighted by atomic mass is 9.77. The minimum absolute atomic E-state index is 0.135. The fraction of sp³-hybridized carbons (Fsp3) is 0.412. The number of amides is 1. The summed E-state index contributed by atoms with van der Waals surface area (Å²) in [6.07, 6.45) is 3.25. The van der Waals surface area contributed by atoms with Crippen molar-refractivity contribution in [2.75, 3.05) is 5.32 Å². The van der Waals surface area contributed by atoms with Crippen molar-refractivity contribution in [3.63, 3.8) is 0 Å². The third kappa shape index (κ3) is 2.54. The maximum absolute atomic E-state index is 14.3. The molecule has 1 fully saturated rings. The number of hydrogen-bond donors (Lipinski definition) is 1. The second-order valence-electron chi connectivity index (χ2n) is 5.88. The Morgan fingerprint density at radius 2 is 1.95 bits per heavy atom. The number of nitrogens with one attached hydrogen (secondary N) is 1. The van der Waals surface area contributed by atoms with E-state index in [4.69, 9.17) is 0 Å². The van der Waals surface area contributed by atoms with E-state index in [1.54, 1.807) is 18.2 Å². The first-order valence-electron chi connectivity index (χ1n) is 7.53. The molecule has 1 aliphatic rings. The van der Waals surface area contributed by atoms with Crippen molar-refractivity contribution >= 4 is 22.4 Å². The van der Waals surface area contributed by atoms with E-state index >= 15 is 0 Å². The second kappa shape index (κ2) is 5.80. The Balaban J connectivity index is 1.94. The molecule has 1 aromatic carbocycles. The number of carbonyl (C=O) groups is 1. The van der Waals surface area contributed by atoms with Crippen molar-refractivity contribution < 1.29 is 9.18 Å². The highest BCUT2D eigenvalue weighted by atomic mass is 32.1. The Morgan fingerprint density at radius 1 is 1.27 bits per heavy atom. The van der Waals surface area contributed by atoms with Crippen LogP contribution in [-0.4, -0.2) is 10.9 Å². The lowest BCUT2D eigenvalue weighted by Crippen LogP contribution is -2.38. The second-order valence-corrected chi connectivity index (χ2v) is 7.09. The topological polar surface area (TPSA) is 42.0 Å². The molecule has 22 heavy (non-hydrogen) atoms. The Morgan fingerprint density at radius 3 is 2.55 bits per heavy atom.